The summed E-state index contributed by atoms with van der Waals surface area (Å²) in [4.78, 5) is 25.9. The maximum absolute atomic E-state index is 12.8. The zero-order valence-electron chi connectivity index (χ0n) is 14.2. The minimum atomic E-state index is -0.0829. The maximum atomic E-state index is 12.8. The van der Waals surface area contributed by atoms with Crippen LogP contribution >= 0.6 is 45.5 Å². The number of carbonyl (C=O) groups is 1. The highest BCUT2D eigenvalue weighted by molar-refractivity contribution is 14.1. The van der Waals surface area contributed by atoms with E-state index in [2.05, 4.69) is 22.6 Å². The standard InChI is InChI=1S/C21H13ClINO2S/c1-24-17-6-5-13(21(26)18-7-8-19(22)27-18)10-16(17)15(11-20(24)25)12-3-2-4-14(23)9-12/h2-11H,1H3. The molecule has 3 nitrogen and oxygen atoms in total. The number of rotatable bonds is 3. The Morgan fingerprint density at radius 3 is 2.59 bits per heavy atom. The summed E-state index contributed by atoms with van der Waals surface area (Å²) < 4.78 is 3.27. The molecule has 0 bridgehead atoms. The Hall–Kier alpha value is -1.96. The largest absolute Gasteiger partial charge is 0.311 e. The topological polar surface area (TPSA) is 39.1 Å². The van der Waals surface area contributed by atoms with E-state index in [1.165, 1.54) is 11.3 Å². The zero-order chi connectivity index (χ0) is 19.1. The van der Waals surface area contributed by atoms with E-state index in [4.69, 9.17) is 11.6 Å². The van der Waals surface area contributed by atoms with Crippen LogP contribution in [0.5, 0.6) is 0 Å². The quantitative estimate of drug-likeness (QED) is 0.262. The molecule has 0 aliphatic carbocycles. The molecular formula is C21H13ClINO2S. The molecule has 2 aromatic carbocycles. The van der Waals surface area contributed by atoms with Crippen LogP contribution in [0.15, 0.2) is 65.5 Å². The lowest BCUT2D eigenvalue weighted by Gasteiger charge is -2.12. The fourth-order valence-electron chi connectivity index (χ4n) is 3.08. The van der Waals surface area contributed by atoms with Gasteiger partial charge in [0.25, 0.3) is 5.56 Å². The second kappa shape index (κ2) is 7.22. The number of nitrogens with zero attached hydrogens (tertiary/aromatic N) is 1. The molecule has 27 heavy (non-hydrogen) atoms. The third-order valence-electron chi connectivity index (χ3n) is 4.44. The van der Waals surface area contributed by atoms with Crippen molar-refractivity contribution >= 4 is 62.2 Å². The van der Waals surface area contributed by atoms with E-state index >= 15 is 0 Å². The molecule has 0 saturated carbocycles. The van der Waals surface area contributed by atoms with Gasteiger partial charge in [0.15, 0.2) is 0 Å². The van der Waals surface area contributed by atoms with E-state index in [1.807, 2.05) is 36.4 Å². The predicted octanol–water partition coefficient (Wildman–Crippen LogP) is 5.76. The highest BCUT2D eigenvalue weighted by Crippen LogP contribution is 2.30. The number of hydrogen-bond donors (Lipinski definition) is 0. The first-order chi connectivity index (χ1) is 12.9. The van der Waals surface area contributed by atoms with Gasteiger partial charge in [0.1, 0.15) is 0 Å². The Morgan fingerprint density at radius 2 is 1.89 bits per heavy atom. The summed E-state index contributed by atoms with van der Waals surface area (Å²) in [5, 5.41) is 0.868. The molecular weight excluding hydrogens is 493 g/mol. The molecule has 0 radical (unpaired) electrons. The minimum absolute atomic E-state index is 0.0729. The van der Waals surface area contributed by atoms with Gasteiger partial charge in [-0.05, 0) is 76.2 Å². The number of aryl methyl sites for hydroxylation is 1. The van der Waals surface area contributed by atoms with Crippen molar-refractivity contribution < 1.29 is 4.79 Å². The molecule has 0 aliphatic rings. The van der Waals surface area contributed by atoms with Crippen molar-refractivity contribution in [2.24, 2.45) is 7.05 Å². The first kappa shape index (κ1) is 18.4. The average molecular weight is 506 g/mol. The minimum Gasteiger partial charge on any atom is -0.311 e. The molecule has 0 spiro atoms. The fourth-order valence-corrected chi connectivity index (χ4v) is 4.62. The second-order valence-corrected chi connectivity index (χ2v) is 9.09. The van der Waals surface area contributed by atoms with Crippen LogP contribution in [-0.4, -0.2) is 10.4 Å². The van der Waals surface area contributed by atoms with E-state index in [1.54, 1.807) is 35.9 Å². The average Bonchev–Trinajstić information content (AvgIpc) is 3.10. The molecule has 2 aromatic heterocycles. The summed E-state index contributed by atoms with van der Waals surface area (Å²) in [5.41, 5.74) is 3.06. The summed E-state index contributed by atoms with van der Waals surface area (Å²) >= 11 is 9.49. The second-order valence-electron chi connectivity index (χ2n) is 6.13. The van der Waals surface area contributed by atoms with Gasteiger partial charge in [0, 0.05) is 27.6 Å². The lowest BCUT2D eigenvalue weighted by Crippen LogP contribution is -2.16. The first-order valence-corrected chi connectivity index (χ1v) is 10.4. The van der Waals surface area contributed by atoms with Gasteiger partial charge in [0.2, 0.25) is 5.78 Å². The third-order valence-corrected chi connectivity index (χ3v) is 6.34. The van der Waals surface area contributed by atoms with Crippen LogP contribution in [-0.2, 0) is 7.05 Å². The van der Waals surface area contributed by atoms with Crippen molar-refractivity contribution in [2.45, 2.75) is 0 Å². The molecule has 0 amide bonds. The van der Waals surface area contributed by atoms with Crippen molar-refractivity contribution in [2.75, 3.05) is 0 Å². The molecule has 0 aliphatic heterocycles. The van der Waals surface area contributed by atoms with Gasteiger partial charge in [-0.15, -0.1) is 11.3 Å². The number of pyridine rings is 1. The number of thiophene rings is 1. The van der Waals surface area contributed by atoms with Crippen LogP contribution in [0.2, 0.25) is 4.34 Å². The van der Waals surface area contributed by atoms with Gasteiger partial charge in [-0.2, -0.15) is 0 Å². The van der Waals surface area contributed by atoms with Crippen molar-refractivity contribution in [1.29, 1.82) is 0 Å². The normalized spacial score (nSPS) is 11.1. The number of ketones is 1. The molecule has 4 rings (SSSR count). The molecule has 6 heteroatoms. The lowest BCUT2D eigenvalue weighted by atomic mass is 9.98. The van der Waals surface area contributed by atoms with Crippen LogP contribution in [0.3, 0.4) is 0 Å². The summed E-state index contributed by atoms with van der Waals surface area (Å²) in [6.07, 6.45) is 0. The Kier molecular flexibility index (Phi) is 4.92. The molecule has 0 fully saturated rings. The molecule has 4 aromatic rings. The molecule has 0 saturated heterocycles. The van der Waals surface area contributed by atoms with Gasteiger partial charge >= 0.3 is 0 Å². The van der Waals surface area contributed by atoms with Gasteiger partial charge in [-0.3, -0.25) is 9.59 Å². The van der Waals surface area contributed by atoms with E-state index in [9.17, 15) is 9.59 Å². The number of halogens is 2. The van der Waals surface area contributed by atoms with E-state index in [0.29, 0.717) is 14.8 Å². The first-order valence-electron chi connectivity index (χ1n) is 8.14. The van der Waals surface area contributed by atoms with Gasteiger partial charge in [0.05, 0.1) is 14.7 Å². The maximum Gasteiger partial charge on any atom is 0.251 e. The summed E-state index contributed by atoms with van der Waals surface area (Å²) in [6.45, 7) is 0. The van der Waals surface area contributed by atoms with Crippen LogP contribution < -0.4 is 5.56 Å². The van der Waals surface area contributed by atoms with Crippen molar-refractivity contribution in [3.8, 4) is 11.1 Å². The van der Waals surface area contributed by atoms with Gasteiger partial charge < -0.3 is 4.57 Å². The van der Waals surface area contributed by atoms with Gasteiger partial charge in [-0.1, -0.05) is 23.7 Å². The summed E-state index contributed by atoms with van der Waals surface area (Å²) in [6, 6.07) is 18.5. The predicted molar refractivity (Wildman–Crippen MR) is 120 cm³/mol. The van der Waals surface area contributed by atoms with E-state index < -0.39 is 0 Å². The smallest absolute Gasteiger partial charge is 0.251 e. The van der Waals surface area contributed by atoms with Crippen LogP contribution in [0, 0.1) is 3.57 Å². The summed E-state index contributed by atoms with van der Waals surface area (Å²) in [7, 11) is 1.74. The third kappa shape index (κ3) is 3.47. The van der Waals surface area contributed by atoms with Crippen LogP contribution in [0.1, 0.15) is 15.2 Å². The number of fused-ring (bicyclic) bond motifs is 1. The Labute approximate surface area is 178 Å². The van der Waals surface area contributed by atoms with Crippen molar-refractivity contribution in [3.05, 3.63) is 89.4 Å². The number of hydrogen-bond acceptors (Lipinski definition) is 3. The monoisotopic (exact) mass is 505 g/mol. The molecule has 0 unspecified atom stereocenters. The highest BCUT2D eigenvalue weighted by Gasteiger charge is 2.15. The number of carbonyl (C=O) groups excluding carboxylic acids is 1. The summed E-state index contributed by atoms with van der Waals surface area (Å²) in [5.74, 6) is -0.0729. The number of benzene rings is 2. The SMILES string of the molecule is Cn1c(=O)cc(-c2cccc(I)c2)c2cc(C(=O)c3ccc(Cl)s3)ccc21. The Bertz CT molecular complexity index is 1260. The van der Waals surface area contributed by atoms with Crippen molar-refractivity contribution in [1.82, 2.24) is 4.57 Å². The highest BCUT2D eigenvalue weighted by atomic mass is 127. The van der Waals surface area contributed by atoms with Gasteiger partial charge in [-0.25, -0.2) is 0 Å². The van der Waals surface area contributed by atoms with Crippen LogP contribution in [0.4, 0.5) is 0 Å². The Balaban J connectivity index is 1.96. The molecule has 134 valence electrons. The molecule has 0 atom stereocenters. The van der Waals surface area contributed by atoms with Crippen molar-refractivity contribution in [3.63, 3.8) is 0 Å². The van der Waals surface area contributed by atoms with E-state index in [-0.39, 0.29) is 11.3 Å². The molecule has 2 heterocycles. The van der Waals surface area contributed by atoms with Crippen LogP contribution in [0.25, 0.3) is 22.0 Å². The fraction of sp³-hybridized carbons (Fsp3) is 0.0476. The zero-order valence-corrected chi connectivity index (χ0v) is 17.9. The molecule has 0 N–H and O–H groups in total. The lowest BCUT2D eigenvalue weighted by molar-refractivity contribution is 0.104. The number of aromatic nitrogens is 1. The Morgan fingerprint density at radius 1 is 1.07 bits per heavy atom. The van der Waals surface area contributed by atoms with E-state index in [0.717, 1.165) is 25.6 Å².